The van der Waals surface area contributed by atoms with Gasteiger partial charge in [-0.1, -0.05) is 0 Å². The van der Waals surface area contributed by atoms with Gasteiger partial charge in [-0.2, -0.15) is 0 Å². The van der Waals surface area contributed by atoms with E-state index in [2.05, 4.69) is 4.74 Å². The van der Waals surface area contributed by atoms with Gasteiger partial charge in [0.05, 0.1) is 16.1 Å². The summed E-state index contributed by atoms with van der Waals surface area (Å²) in [5.41, 5.74) is -0.867. The highest BCUT2D eigenvalue weighted by molar-refractivity contribution is 5.45. The average molecular weight is 174 g/mol. The van der Waals surface area contributed by atoms with Crippen LogP contribution in [0.2, 0.25) is 0 Å². The van der Waals surface area contributed by atoms with Crippen molar-refractivity contribution in [1.82, 2.24) is 0 Å². The second-order valence-electron chi connectivity index (χ2n) is 1.83. The standard InChI is InChI=1S/C7H6FNO3/c1-12-7-4-5(8)2-3-6(7)9(10)11/h2-4H,1H3/i2D,3D,4D. The number of nitro benzene ring substituents is 1. The van der Waals surface area contributed by atoms with Crippen molar-refractivity contribution < 1.29 is 18.2 Å². The monoisotopic (exact) mass is 174 g/mol. The summed E-state index contributed by atoms with van der Waals surface area (Å²) in [6.07, 6.45) is 0. The molecule has 0 unspecified atom stereocenters. The molecule has 0 fully saturated rings. The Balaban J connectivity index is 3.70. The quantitative estimate of drug-likeness (QED) is 0.506. The van der Waals surface area contributed by atoms with Crippen LogP contribution in [-0.2, 0) is 0 Å². The fourth-order valence-corrected chi connectivity index (χ4v) is 0.637. The molecular weight excluding hydrogens is 165 g/mol. The number of benzene rings is 1. The van der Waals surface area contributed by atoms with Gasteiger partial charge in [0, 0.05) is 12.1 Å². The first-order valence-corrected chi connectivity index (χ1v) is 2.89. The van der Waals surface area contributed by atoms with Gasteiger partial charge in [-0.05, 0) is 6.04 Å². The molecule has 0 bridgehead atoms. The van der Waals surface area contributed by atoms with Crippen LogP contribution in [0.4, 0.5) is 10.1 Å². The molecule has 0 aliphatic carbocycles. The molecule has 64 valence electrons. The van der Waals surface area contributed by atoms with Gasteiger partial charge in [0.15, 0.2) is 5.75 Å². The molecule has 1 rings (SSSR count). The number of rotatable bonds is 2. The lowest BCUT2D eigenvalue weighted by molar-refractivity contribution is -0.385. The van der Waals surface area contributed by atoms with Gasteiger partial charge in [0.2, 0.25) is 0 Å². The molecule has 0 N–H and O–H groups in total. The third-order valence-electron chi connectivity index (χ3n) is 1.12. The van der Waals surface area contributed by atoms with Crippen molar-refractivity contribution >= 4 is 5.69 Å². The van der Waals surface area contributed by atoms with Gasteiger partial charge in [0.1, 0.15) is 5.82 Å². The summed E-state index contributed by atoms with van der Waals surface area (Å²) in [5.74, 6) is -1.94. The summed E-state index contributed by atoms with van der Waals surface area (Å²) in [6.45, 7) is 0. The minimum atomic E-state index is -1.30. The van der Waals surface area contributed by atoms with Crippen LogP contribution in [0.5, 0.6) is 5.75 Å². The van der Waals surface area contributed by atoms with Crippen molar-refractivity contribution in [2.45, 2.75) is 0 Å². The van der Waals surface area contributed by atoms with Gasteiger partial charge >= 0.3 is 5.69 Å². The Labute approximate surface area is 71.9 Å². The highest BCUT2D eigenvalue weighted by Gasteiger charge is 2.14. The zero-order valence-electron chi connectivity index (χ0n) is 9.05. The number of halogens is 1. The summed E-state index contributed by atoms with van der Waals surface area (Å²) in [5, 5.41) is 10.5. The molecule has 0 spiro atoms. The van der Waals surface area contributed by atoms with E-state index in [0.29, 0.717) is 0 Å². The lowest BCUT2D eigenvalue weighted by Crippen LogP contribution is -1.93. The maximum Gasteiger partial charge on any atom is 0.311 e. The SMILES string of the molecule is [2H]c1c([2H])c([N+](=O)[O-])c(OC)c([2H])c1F. The Hall–Kier alpha value is -1.65. The first kappa shape index (κ1) is 5.08. The van der Waals surface area contributed by atoms with Crippen LogP contribution >= 0.6 is 0 Å². The largest absolute Gasteiger partial charge is 0.490 e. The predicted octanol–water partition coefficient (Wildman–Crippen LogP) is 1.74. The van der Waals surface area contributed by atoms with E-state index in [1.54, 1.807) is 0 Å². The Kier molecular flexibility index (Phi) is 1.34. The summed E-state index contributed by atoms with van der Waals surface area (Å²) < 4.78 is 38.9. The molecule has 4 nitrogen and oxygen atoms in total. The fraction of sp³-hybridized carbons (Fsp3) is 0.143. The highest BCUT2D eigenvalue weighted by Crippen LogP contribution is 2.26. The number of methoxy groups -OCH3 is 1. The summed E-state index contributed by atoms with van der Waals surface area (Å²) in [6, 6.07) is -2.76. The second-order valence-corrected chi connectivity index (χ2v) is 1.83. The van der Waals surface area contributed by atoms with Crippen LogP contribution < -0.4 is 4.74 Å². The number of nitrogens with zero attached hydrogens (tertiary/aromatic N) is 1. The topological polar surface area (TPSA) is 52.4 Å². The molecule has 1 aromatic carbocycles. The summed E-state index contributed by atoms with van der Waals surface area (Å²) in [7, 11) is 1.03. The smallest absolute Gasteiger partial charge is 0.311 e. The van der Waals surface area contributed by atoms with E-state index in [9.17, 15) is 14.5 Å². The first-order chi connectivity index (χ1) is 6.91. The zero-order chi connectivity index (χ0) is 11.7. The van der Waals surface area contributed by atoms with Crippen LogP contribution in [0.1, 0.15) is 4.11 Å². The molecule has 0 aromatic heterocycles. The Morgan fingerprint density at radius 1 is 1.75 bits per heavy atom. The van der Waals surface area contributed by atoms with Crippen LogP contribution in [-0.4, -0.2) is 12.0 Å². The second kappa shape index (κ2) is 3.17. The molecular formula is C7H6FNO3. The van der Waals surface area contributed by atoms with E-state index in [0.717, 1.165) is 7.11 Å². The van der Waals surface area contributed by atoms with E-state index in [-0.39, 0.29) is 0 Å². The lowest BCUT2D eigenvalue weighted by atomic mass is 10.3. The van der Waals surface area contributed by atoms with Gasteiger partial charge in [-0.3, -0.25) is 10.1 Å². The molecule has 0 aliphatic rings. The van der Waals surface area contributed by atoms with Crippen LogP contribution in [0.15, 0.2) is 18.1 Å². The lowest BCUT2D eigenvalue weighted by Gasteiger charge is -1.99. The maximum atomic E-state index is 13.1. The number of hydrogen-bond donors (Lipinski definition) is 0. The molecule has 0 atom stereocenters. The van der Waals surface area contributed by atoms with E-state index < -0.39 is 40.3 Å². The highest BCUT2D eigenvalue weighted by atomic mass is 19.1. The molecule has 0 saturated heterocycles. The Morgan fingerprint density at radius 3 is 2.92 bits per heavy atom. The van der Waals surface area contributed by atoms with Gasteiger partial charge in [-0.15, -0.1) is 0 Å². The predicted molar refractivity (Wildman–Crippen MR) is 39.6 cm³/mol. The maximum absolute atomic E-state index is 13.1. The Morgan fingerprint density at radius 2 is 2.42 bits per heavy atom. The summed E-state index contributed by atoms with van der Waals surface area (Å²) in [4.78, 5) is 9.56. The third-order valence-corrected chi connectivity index (χ3v) is 1.12. The molecule has 0 amide bonds. The van der Waals surface area contributed by atoms with Crippen molar-refractivity contribution in [3.63, 3.8) is 0 Å². The van der Waals surface area contributed by atoms with Crippen LogP contribution in [0, 0.1) is 15.9 Å². The molecule has 0 radical (unpaired) electrons. The molecule has 1 aromatic rings. The minimum absolute atomic E-state index is 0.640. The normalized spacial score (nSPS) is 13.0. The van der Waals surface area contributed by atoms with Gasteiger partial charge in [-0.25, -0.2) is 4.39 Å². The van der Waals surface area contributed by atoms with E-state index in [1.165, 1.54) is 0 Å². The number of hydrogen-bond acceptors (Lipinski definition) is 3. The van der Waals surface area contributed by atoms with Gasteiger partial charge < -0.3 is 4.74 Å². The molecule has 0 heterocycles. The molecule has 0 saturated carbocycles. The van der Waals surface area contributed by atoms with Crippen molar-refractivity contribution in [3.05, 3.63) is 34.1 Å². The number of ether oxygens (including phenoxy) is 1. The van der Waals surface area contributed by atoms with Crippen molar-refractivity contribution in [2.75, 3.05) is 7.11 Å². The van der Waals surface area contributed by atoms with Crippen LogP contribution in [0.3, 0.4) is 0 Å². The zero-order valence-corrected chi connectivity index (χ0v) is 6.05. The number of nitro groups is 1. The van der Waals surface area contributed by atoms with Crippen molar-refractivity contribution in [1.29, 1.82) is 0 Å². The Bertz CT molecular complexity index is 438. The van der Waals surface area contributed by atoms with Crippen molar-refractivity contribution in [2.24, 2.45) is 0 Å². The summed E-state index contributed by atoms with van der Waals surface area (Å²) >= 11 is 0. The van der Waals surface area contributed by atoms with E-state index in [4.69, 9.17) is 4.11 Å². The fourth-order valence-electron chi connectivity index (χ4n) is 0.637. The van der Waals surface area contributed by atoms with E-state index >= 15 is 0 Å². The van der Waals surface area contributed by atoms with E-state index in [1.807, 2.05) is 0 Å². The average Bonchev–Trinajstić information content (AvgIpc) is 2.19. The molecule has 0 aliphatic heterocycles. The third kappa shape index (κ3) is 1.50. The minimum Gasteiger partial charge on any atom is -0.490 e. The van der Waals surface area contributed by atoms with Crippen molar-refractivity contribution in [3.8, 4) is 5.75 Å². The van der Waals surface area contributed by atoms with Crippen LogP contribution in [0.25, 0.3) is 0 Å². The van der Waals surface area contributed by atoms with Gasteiger partial charge in [0.25, 0.3) is 0 Å². The first-order valence-electron chi connectivity index (χ1n) is 4.39. The molecule has 5 heteroatoms. The molecule has 12 heavy (non-hydrogen) atoms.